The molecule has 0 amide bonds. The Balaban J connectivity index is 3.33. The van der Waals surface area contributed by atoms with Crippen LogP contribution in [-0.2, 0) is 6.18 Å². The van der Waals surface area contributed by atoms with Gasteiger partial charge in [-0.2, -0.15) is 13.2 Å². The highest BCUT2D eigenvalue weighted by Gasteiger charge is 2.34. The number of ketones is 1. The number of alkyl halides is 4. The third-order valence-corrected chi connectivity index (χ3v) is 3.50. The van der Waals surface area contributed by atoms with Gasteiger partial charge in [-0.05, 0) is 34.7 Å². The summed E-state index contributed by atoms with van der Waals surface area (Å²) in [4.78, 5) is 11.4. The van der Waals surface area contributed by atoms with Gasteiger partial charge in [0.25, 0.3) is 0 Å². The van der Waals surface area contributed by atoms with E-state index in [0.29, 0.717) is 0 Å². The summed E-state index contributed by atoms with van der Waals surface area (Å²) in [7, 11) is 0. The zero-order chi connectivity index (χ0) is 12.5. The molecule has 7 heteroatoms. The van der Waals surface area contributed by atoms with Gasteiger partial charge in [-0.1, -0.05) is 27.5 Å². The number of rotatable bonds is 2. The van der Waals surface area contributed by atoms with Crippen LogP contribution in [0, 0.1) is 3.57 Å². The number of Topliss-reactive ketones (excluding diaryl/α,β-unsaturated/α-hetero) is 1. The molecule has 1 nitrogen and oxygen atoms in total. The molecular weight excluding hydrogens is 423 g/mol. The van der Waals surface area contributed by atoms with Gasteiger partial charge < -0.3 is 0 Å². The number of hydrogen-bond donors (Lipinski definition) is 0. The Kier molecular flexibility index (Phi) is 4.65. The van der Waals surface area contributed by atoms with Crippen molar-refractivity contribution in [1.82, 2.24) is 0 Å². The van der Waals surface area contributed by atoms with E-state index in [1.807, 2.05) is 0 Å². The zero-order valence-electron chi connectivity index (χ0n) is 7.54. The van der Waals surface area contributed by atoms with Crippen molar-refractivity contribution in [3.63, 3.8) is 0 Å². The molecule has 1 aromatic carbocycles. The molecule has 0 aliphatic carbocycles. The van der Waals surface area contributed by atoms with Crippen LogP contribution in [0.15, 0.2) is 12.1 Å². The minimum atomic E-state index is -4.51. The Bertz CT molecular complexity index is 433. The average Bonchev–Trinajstić information content (AvgIpc) is 2.18. The Labute approximate surface area is 117 Å². The van der Waals surface area contributed by atoms with E-state index in [-0.39, 0.29) is 20.2 Å². The lowest BCUT2D eigenvalue weighted by Gasteiger charge is -2.11. The first-order valence-corrected chi connectivity index (χ1v) is 6.50. The predicted molar refractivity (Wildman–Crippen MR) is 67.3 cm³/mol. The molecule has 0 atom stereocenters. The fourth-order valence-corrected chi connectivity index (χ4v) is 2.39. The highest BCUT2D eigenvalue weighted by atomic mass is 127. The molecule has 1 aromatic rings. The summed E-state index contributed by atoms with van der Waals surface area (Å²) < 4.78 is 37.6. The Morgan fingerprint density at radius 1 is 1.44 bits per heavy atom. The van der Waals surface area contributed by atoms with Crippen LogP contribution in [0.2, 0.25) is 5.02 Å². The first-order valence-electron chi connectivity index (χ1n) is 3.92. The summed E-state index contributed by atoms with van der Waals surface area (Å²) in [6.45, 7) is 0. The first-order chi connectivity index (χ1) is 7.27. The maximum absolute atomic E-state index is 12.5. The highest BCUT2D eigenvalue weighted by molar-refractivity contribution is 14.1. The molecule has 0 saturated carbocycles. The van der Waals surface area contributed by atoms with E-state index in [1.165, 1.54) is 0 Å². The van der Waals surface area contributed by atoms with E-state index in [0.717, 1.165) is 12.1 Å². The monoisotopic (exact) mass is 426 g/mol. The Morgan fingerprint density at radius 3 is 2.44 bits per heavy atom. The second kappa shape index (κ2) is 5.22. The van der Waals surface area contributed by atoms with E-state index in [2.05, 4.69) is 15.9 Å². The second-order valence-electron chi connectivity index (χ2n) is 2.87. The van der Waals surface area contributed by atoms with Gasteiger partial charge in [-0.3, -0.25) is 4.79 Å². The molecule has 0 radical (unpaired) electrons. The Morgan fingerprint density at radius 2 is 2.00 bits per heavy atom. The van der Waals surface area contributed by atoms with E-state index in [9.17, 15) is 18.0 Å². The second-order valence-corrected chi connectivity index (χ2v) is 5.00. The first kappa shape index (κ1) is 14.2. The fourth-order valence-electron chi connectivity index (χ4n) is 1.05. The molecule has 0 unspecified atom stereocenters. The highest BCUT2D eigenvalue weighted by Crippen LogP contribution is 2.36. The normalized spacial score (nSPS) is 11.6. The van der Waals surface area contributed by atoms with Crippen LogP contribution in [-0.4, -0.2) is 11.1 Å². The number of halogens is 6. The van der Waals surface area contributed by atoms with Crippen molar-refractivity contribution in [3.8, 4) is 0 Å². The molecule has 0 spiro atoms. The summed E-state index contributed by atoms with van der Waals surface area (Å²) in [5.74, 6) is -0.306. The Hall–Kier alpha value is 0.180. The third-order valence-electron chi connectivity index (χ3n) is 1.78. The summed E-state index contributed by atoms with van der Waals surface area (Å²) in [6, 6.07) is 1.93. The molecule has 0 aliphatic rings. The third kappa shape index (κ3) is 3.10. The van der Waals surface area contributed by atoms with Crippen LogP contribution < -0.4 is 0 Å². The van der Waals surface area contributed by atoms with Crippen LogP contribution in [0.3, 0.4) is 0 Å². The maximum Gasteiger partial charge on any atom is 0.417 e. The lowest BCUT2D eigenvalue weighted by atomic mass is 10.1. The molecule has 0 bridgehead atoms. The van der Waals surface area contributed by atoms with Crippen LogP contribution >= 0.6 is 50.1 Å². The van der Waals surface area contributed by atoms with Crippen molar-refractivity contribution in [2.75, 3.05) is 5.33 Å². The summed E-state index contributed by atoms with van der Waals surface area (Å²) >= 11 is 10.1. The average molecular weight is 427 g/mol. The minimum Gasteiger partial charge on any atom is -0.293 e. The topological polar surface area (TPSA) is 17.1 Å². The standard InChI is InChI=1S/C9H4BrClF3IO/c10-3-8(16)4-1-6(11)5(2-7(4)15)9(12,13)14/h1-2H,3H2. The largest absolute Gasteiger partial charge is 0.417 e. The summed E-state index contributed by atoms with van der Waals surface area (Å²) in [5.41, 5.74) is -0.736. The molecule has 0 aliphatic heterocycles. The van der Waals surface area contributed by atoms with Gasteiger partial charge in [0.2, 0.25) is 0 Å². The van der Waals surface area contributed by atoms with Crippen molar-refractivity contribution >= 4 is 55.9 Å². The molecule has 0 aromatic heterocycles. The molecule has 88 valence electrons. The quantitative estimate of drug-likeness (QED) is 0.385. The van der Waals surface area contributed by atoms with Crippen molar-refractivity contribution in [3.05, 3.63) is 31.9 Å². The molecule has 0 N–H and O–H groups in total. The number of benzene rings is 1. The van der Waals surface area contributed by atoms with Crippen LogP contribution in [0.25, 0.3) is 0 Å². The van der Waals surface area contributed by atoms with E-state index in [1.54, 1.807) is 22.6 Å². The molecule has 1 rings (SSSR count). The van der Waals surface area contributed by atoms with Gasteiger partial charge in [0.15, 0.2) is 5.78 Å². The van der Waals surface area contributed by atoms with Crippen LogP contribution in [0.1, 0.15) is 15.9 Å². The van der Waals surface area contributed by atoms with Crippen molar-refractivity contribution in [2.45, 2.75) is 6.18 Å². The molecule has 0 saturated heterocycles. The SMILES string of the molecule is O=C(CBr)c1cc(Cl)c(C(F)(F)F)cc1I. The maximum atomic E-state index is 12.5. The van der Waals surface area contributed by atoms with Crippen LogP contribution in [0.4, 0.5) is 13.2 Å². The lowest BCUT2D eigenvalue weighted by Crippen LogP contribution is -2.10. The van der Waals surface area contributed by atoms with Crippen LogP contribution in [0.5, 0.6) is 0 Å². The van der Waals surface area contributed by atoms with Crippen molar-refractivity contribution in [1.29, 1.82) is 0 Å². The van der Waals surface area contributed by atoms with Gasteiger partial charge >= 0.3 is 6.18 Å². The molecule has 16 heavy (non-hydrogen) atoms. The van der Waals surface area contributed by atoms with Gasteiger partial charge in [0.05, 0.1) is 15.9 Å². The minimum absolute atomic E-state index is 0.0463. The number of carbonyl (C=O) groups excluding carboxylic acids is 1. The zero-order valence-corrected chi connectivity index (χ0v) is 12.0. The van der Waals surface area contributed by atoms with E-state index in [4.69, 9.17) is 11.6 Å². The molecule has 0 heterocycles. The fraction of sp³-hybridized carbons (Fsp3) is 0.222. The van der Waals surface area contributed by atoms with Gasteiger partial charge in [-0.25, -0.2) is 0 Å². The molecular formula is C9H4BrClF3IO. The summed E-state index contributed by atoms with van der Waals surface area (Å²) in [5, 5.41) is -0.415. The number of carbonyl (C=O) groups is 1. The van der Waals surface area contributed by atoms with Crippen molar-refractivity contribution in [2.24, 2.45) is 0 Å². The lowest BCUT2D eigenvalue weighted by molar-refractivity contribution is -0.137. The van der Waals surface area contributed by atoms with Crippen molar-refractivity contribution < 1.29 is 18.0 Å². The van der Waals surface area contributed by atoms with E-state index >= 15 is 0 Å². The van der Waals surface area contributed by atoms with E-state index < -0.39 is 16.8 Å². The smallest absolute Gasteiger partial charge is 0.293 e. The predicted octanol–water partition coefficient (Wildman–Crippen LogP) is 4.54. The molecule has 0 fully saturated rings. The van der Waals surface area contributed by atoms with Gasteiger partial charge in [0, 0.05) is 9.13 Å². The summed E-state index contributed by atoms with van der Waals surface area (Å²) in [6.07, 6.45) is -4.51. The van der Waals surface area contributed by atoms with Gasteiger partial charge in [-0.15, -0.1) is 0 Å². The number of hydrogen-bond acceptors (Lipinski definition) is 1. The van der Waals surface area contributed by atoms with Gasteiger partial charge in [0.1, 0.15) is 0 Å².